The zero-order valence-corrected chi connectivity index (χ0v) is 25.6. The number of rotatable bonds is 1. The van der Waals surface area contributed by atoms with E-state index in [9.17, 15) is 4.79 Å². The molecule has 44 heavy (non-hydrogen) atoms. The van der Waals surface area contributed by atoms with Gasteiger partial charge in [-0.3, -0.25) is 20.1 Å². The summed E-state index contributed by atoms with van der Waals surface area (Å²) in [5.74, 6) is 0.567. The number of ether oxygens (including phenoxy) is 1. The number of fused-ring (bicyclic) bond motifs is 7. The number of carbonyl (C=O) groups excluding carboxylic acids is 1. The quantitative estimate of drug-likeness (QED) is 0.285. The molecule has 4 aromatic rings. The van der Waals surface area contributed by atoms with E-state index in [-0.39, 0.29) is 11.7 Å². The predicted molar refractivity (Wildman–Crippen MR) is 170 cm³/mol. The SMILES string of the molecule is Cc1cc2cc(n1)-c1cnccc1OCCCCCn1c(nc3cc(F)c(N4CCC5(CCN(C)CC5)CC4)cc31)NC2=O. The number of piperidine rings is 2. The molecular formula is C34H40FN7O2. The smallest absolute Gasteiger partial charge is 0.258 e. The van der Waals surface area contributed by atoms with Crippen molar-refractivity contribution in [3.8, 4) is 17.0 Å². The average molecular weight is 598 g/mol. The van der Waals surface area contributed by atoms with Crippen molar-refractivity contribution in [2.24, 2.45) is 5.41 Å². The van der Waals surface area contributed by atoms with Gasteiger partial charge >= 0.3 is 0 Å². The lowest BCUT2D eigenvalue weighted by molar-refractivity contribution is 0.0943. The van der Waals surface area contributed by atoms with Gasteiger partial charge in [0.05, 0.1) is 34.6 Å². The summed E-state index contributed by atoms with van der Waals surface area (Å²) in [6.07, 6.45) is 10.7. The van der Waals surface area contributed by atoms with Crippen molar-refractivity contribution in [1.82, 2.24) is 24.4 Å². The number of nitrogens with zero attached hydrogens (tertiary/aromatic N) is 6. The molecule has 1 aromatic carbocycles. The number of amides is 1. The van der Waals surface area contributed by atoms with Crippen molar-refractivity contribution in [2.45, 2.75) is 58.4 Å². The van der Waals surface area contributed by atoms with Gasteiger partial charge in [0.15, 0.2) is 0 Å². The van der Waals surface area contributed by atoms with Gasteiger partial charge in [-0.2, -0.15) is 0 Å². The molecule has 1 spiro atoms. The number of hydrogen-bond acceptors (Lipinski definition) is 7. The average Bonchev–Trinajstić information content (AvgIpc) is 3.35. The fourth-order valence-corrected chi connectivity index (χ4v) is 7.06. The Morgan fingerprint density at radius 3 is 2.57 bits per heavy atom. The van der Waals surface area contributed by atoms with Crippen molar-refractivity contribution < 1.29 is 13.9 Å². The Labute approximate surface area is 257 Å². The molecule has 1 N–H and O–H groups in total. The molecule has 0 saturated carbocycles. The third-order valence-corrected chi connectivity index (χ3v) is 9.81. The van der Waals surface area contributed by atoms with Crippen LogP contribution in [0, 0.1) is 18.2 Å². The van der Waals surface area contributed by atoms with Gasteiger partial charge in [0.2, 0.25) is 5.95 Å². The summed E-state index contributed by atoms with van der Waals surface area (Å²) in [7, 11) is 2.20. The molecule has 2 fully saturated rings. The van der Waals surface area contributed by atoms with Crippen molar-refractivity contribution in [2.75, 3.05) is 50.1 Å². The molecule has 6 heterocycles. The Morgan fingerprint density at radius 2 is 1.75 bits per heavy atom. The summed E-state index contributed by atoms with van der Waals surface area (Å²) in [5, 5.41) is 3.04. The first-order valence-electron chi connectivity index (χ1n) is 15.9. The van der Waals surface area contributed by atoms with Crippen LogP contribution in [-0.4, -0.2) is 70.2 Å². The van der Waals surface area contributed by atoms with Crippen LogP contribution in [0.4, 0.5) is 16.0 Å². The molecule has 0 aliphatic carbocycles. The molecule has 230 valence electrons. The predicted octanol–water partition coefficient (Wildman–Crippen LogP) is 6.07. The number of likely N-dealkylation sites (tertiary alicyclic amines) is 1. The highest BCUT2D eigenvalue weighted by Gasteiger charge is 2.37. The van der Waals surface area contributed by atoms with E-state index in [4.69, 9.17) is 9.72 Å². The Balaban J connectivity index is 1.21. The number of imidazole rings is 1. The van der Waals surface area contributed by atoms with Gasteiger partial charge in [-0.05, 0) is 102 Å². The lowest BCUT2D eigenvalue weighted by atomic mass is 9.71. The molecule has 3 aromatic heterocycles. The second kappa shape index (κ2) is 11.8. The number of aryl methyl sites for hydroxylation is 2. The van der Waals surface area contributed by atoms with Crippen LogP contribution in [0.3, 0.4) is 0 Å². The maximum absolute atomic E-state index is 15.7. The van der Waals surface area contributed by atoms with E-state index in [1.54, 1.807) is 24.5 Å². The maximum atomic E-state index is 15.7. The normalized spacial score (nSPS) is 19.4. The highest BCUT2D eigenvalue weighted by molar-refractivity contribution is 6.05. The van der Waals surface area contributed by atoms with Gasteiger partial charge in [-0.1, -0.05) is 0 Å². The highest BCUT2D eigenvalue weighted by Crippen LogP contribution is 2.42. The fourth-order valence-electron chi connectivity index (χ4n) is 7.06. The summed E-state index contributed by atoms with van der Waals surface area (Å²) in [6.45, 7) is 7.06. The van der Waals surface area contributed by atoms with Crippen molar-refractivity contribution in [3.05, 3.63) is 59.8 Å². The van der Waals surface area contributed by atoms with Gasteiger partial charge in [-0.25, -0.2) is 9.37 Å². The summed E-state index contributed by atoms with van der Waals surface area (Å²) >= 11 is 0. The van der Waals surface area contributed by atoms with Crippen LogP contribution in [0.1, 0.15) is 61.0 Å². The minimum absolute atomic E-state index is 0.264. The summed E-state index contributed by atoms with van der Waals surface area (Å²) in [4.78, 5) is 31.9. The largest absolute Gasteiger partial charge is 0.493 e. The molecule has 0 radical (unpaired) electrons. The second-order valence-electron chi connectivity index (χ2n) is 12.8. The molecule has 1 amide bonds. The van der Waals surface area contributed by atoms with Crippen molar-refractivity contribution in [1.29, 1.82) is 0 Å². The van der Waals surface area contributed by atoms with E-state index >= 15 is 4.39 Å². The molecule has 10 heteroatoms. The first kappa shape index (κ1) is 28.7. The Kier molecular flexibility index (Phi) is 7.70. The Hall–Kier alpha value is -4.05. The molecule has 0 unspecified atom stereocenters. The minimum atomic E-state index is -0.297. The van der Waals surface area contributed by atoms with E-state index in [1.165, 1.54) is 18.9 Å². The van der Waals surface area contributed by atoms with E-state index in [2.05, 4.69) is 32.1 Å². The van der Waals surface area contributed by atoms with E-state index in [1.807, 2.05) is 23.6 Å². The lowest BCUT2D eigenvalue weighted by Gasteiger charge is -2.46. The first-order chi connectivity index (χ1) is 21.4. The Morgan fingerprint density at radius 1 is 0.955 bits per heavy atom. The number of nitrogens with one attached hydrogen (secondary N) is 1. The summed E-state index contributed by atoms with van der Waals surface area (Å²) in [6, 6.07) is 8.82. The van der Waals surface area contributed by atoms with Crippen LogP contribution in [0.15, 0.2) is 42.7 Å². The van der Waals surface area contributed by atoms with Gasteiger partial charge in [-0.15, -0.1) is 0 Å². The zero-order valence-electron chi connectivity index (χ0n) is 25.6. The van der Waals surface area contributed by atoms with Crippen molar-refractivity contribution >= 4 is 28.6 Å². The molecule has 2 bridgehead atoms. The number of anilines is 2. The van der Waals surface area contributed by atoms with Gasteiger partial charge in [0.1, 0.15) is 11.6 Å². The summed E-state index contributed by atoms with van der Waals surface area (Å²) in [5.41, 5.74) is 4.92. The zero-order chi connectivity index (χ0) is 30.3. The number of benzene rings is 1. The summed E-state index contributed by atoms with van der Waals surface area (Å²) < 4.78 is 23.8. The van der Waals surface area contributed by atoms with Crippen LogP contribution in [-0.2, 0) is 6.54 Å². The van der Waals surface area contributed by atoms with E-state index < -0.39 is 0 Å². The van der Waals surface area contributed by atoms with Crippen molar-refractivity contribution in [3.63, 3.8) is 0 Å². The third-order valence-electron chi connectivity index (χ3n) is 9.81. The molecule has 3 aliphatic heterocycles. The molecule has 7 rings (SSSR count). The number of hydrogen-bond donors (Lipinski definition) is 1. The lowest BCUT2D eigenvalue weighted by Crippen LogP contribution is -2.46. The molecule has 9 nitrogen and oxygen atoms in total. The first-order valence-corrected chi connectivity index (χ1v) is 15.9. The van der Waals surface area contributed by atoms with Crippen LogP contribution in [0.2, 0.25) is 0 Å². The number of halogens is 1. The monoisotopic (exact) mass is 597 g/mol. The van der Waals surface area contributed by atoms with Gasteiger partial charge < -0.3 is 19.1 Å². The van der Waals surface area contributed by atoms with Gasteiger partial charge in [0.25, 0.3) is 5.91 Å². The molecule has 2 saturated heterocycles. The molecule has 3 aliphatic rings. The second-order valence-corrected chi connectivity index (χ2v) is 12.8. The Bertz CT molecular complexity index is 1680. The highest BCUT2D eigenvalue weighted by atomic mass is 19.1. The third kappa shape index (κ3) is 5.63. The van der Waals surface area contributed by atoms with Gasteiger partial charge in [0, 0.05) is 49.4 Å². The number of aromatic nitrogens is 4. The van der Waals surface area contributed by atoms with Crippen LogP contribution in [0.5, 0.6) is 5.75 Å². The fraction of sp³-hybridized carbons (Fsp3) is 0.471. The minimum Gasteiger partial charge on any atom is -0.493 e. The number of pyridine rings is 2. The van der Waals surface area contributed by atoms with E-state index in [0.29, 0.717) is 58.4 Å². The molecule has 0 atom stereocenters. The maximum Gasteiger partial charge on any atom is 0.258 e. The topological polar surface area (TPSA) is 88.4 Å². The van der Waals surface area contributed by atoms with Crippen LogP contribution in [0.25, 0.3) is 22.3 Å². The van der Waals surface area contributed by atoms with E-state index in [0.717, 1.165) is 69.4 Å². The standard InChI is InChI=1S/C34H40FN7O2/c1-23-18-24-19-27(37-23)25-22-36-11-6-31(25)44-17-5-3-4-12-42-30-21-29(26(35)20-28(30)38-33(42)39-32(24)43)41-15-9-34(10-16-41)7-13-40(2)14-8-34/h6,11,18-22H,3-5,7-10,12-17H2,1-2H3,(H,38,39,43). The van der Waals surface area contributed by atoms with Crippen LogP contribution >= 0.6 is 0 Å². The van der Waals surface area contributed by atoms with Crippen LogP contribution < -0.4 is 15.0 Å². The molecular weight excluding hydrogens is 557 g/mol. The number of carbonyl (C=O) groups is 1.